The molecule has 1 N–H and O–H groups in total. The molecule has 37 heavy (non-hydrogen) atoms. The molecule has 1 aromatic carbocycles. The second-order valence-corrected chi connectivity index (χ2v) is 12.0. The molecule has 0 atom stereocenters. The summed E-state index contributed by atoms with van der Waals surface area (Å²) >= 11 is 9.05. The first-order valence-electron chi connectivity index (χ1n) is 12.3. The molecule has 0 spiro atoms. The van der Waals surface area contributed by atoms with Crippen molar-refractivity contribution in [2.24, 2.45) is 0 Å². The molecule has 0 bridgehead atoms. The van der Waals surface area contributed by atoms with Crippen LogP contribution in [0.1, 0.15) is 51.6 Å². The van der Waals surface area contributed by atoms with Gasteiger partial charge < -0.3 is 10.2 Å². The molecule has 194 valence electrons. The van der Waals surface area contributed by atoms with E-state index in [-0.39, 0.29) is 31.9 Å². The minimum atomic E-state index is -0.622. The van der Waals surface area contributed by atoms with Crippen molar-refractivity contribution < 1.29 is 13.6 Å². The Balaban J connectivity index is 1.49. The van der Waals surface area contributed by atoms with Crippen LogP contribution in [0.4, 0.5) is 8.78 Å². The van der Waals surface area contributed by atoms with E-state index in [1.54, 1.807) is 11.3 Å². The Bertz CT molecular complexity index is 1440. The van der Waals surface area contributed by atoms with Crippen molar-refractivity contribution in [2.75, 3.05) is 7.05 Å². The third-order valence-corrected chi connectivity index (χ3v) is 9.67. The van der Waals surface area contributed by atoms with Gasteiger partial charge in [0.2, 0.25) is 0 Å². The summed E-state index contributed by atoms with van der Waals surface area (Å²) in [5, 5.41) is 5.41. The summed E-state index contributed by atoms with van der Waals surface area (Å²) in [6.45, 7) is 4.37. The smallest absolute Gasteiger partial charge is 0.266 e. The lowest BCUT2D eigenvalue weighted by Gasteiger charge is -2.36. The molecular formula is C28H28ClF2N3OS2. The monoisotopic (exact) mass is 559 g/mol. The number of benzene rings is 1. The molecule has 0 aliphatic heterocycles. The molecule has 9 heteroatoms. The molecule has 4 aromatic rings. The van der Waals surface area contributed by atoms with Gasteiger partial charge in [-0.05, 0) is 93.4 Å². The summed E-state index contributed by atoms with van der Waals surface area (Å²) in [6.07, 6.45) is 3.62. The predicted molar refractivity (Wildman–Crippen MR) is 149 cm³/mol. The number of halogens is 3. The highest BCUT2D eigenvalue weighted by atomic mass is 35.5. The maximum Gasteiger partial charge on any atom is 0.266 e. The van der Waals surface area contributed by atoms with E-state index in [2.05, 4.69) is 33.9 Å². The second-order valence-electron chi connectivity index (χ2n) is 9.65. The summed E-state index contributed by atoms with van der Waals surface area (Å²) in [6, 6.07) is 8.80. The van der Waals surface area contributed by atoms with Crippen molar-refractivity contribution in [3.8, 4) is 11.1 Å². The highest BCUT2D eigenvalue weighted by Crippen LogP contribution is 2.40. The summed E-state index contributed by atoms with van der Waals surface area (Å²) in [4.78, 5) is 21.5. The van der Waals surface area contributed by atoms with Crippen LogP contribution in [-0.2, 0) is 6.54 Å². The molecule has 3 aromatic heterocycles. The number of carbonyl (C=O) groups excluding carboxylic acids is 1. The zero-order valence-electron chi connectivity index (χ0n) is 20.9. The molecule has 0 saturated heterocycles. The normalized spacial score (nSPS) is 17.9. The van der Waals surface area contributed by atoms with Crippen molar-refractivity contribution in [1.82, 2.24) is 15.2 Å². The fourth-order valence-corrected chi connectivity index (χ4v) is 7.59. The third-order valence-electron chi connectivity index (χ3n) is 7.08. The van der Waals surface area contributed by atoms with Crippen LogP contribution in [0.2, 0.25) is 5.02 Å². The lowest BCUT2D eigenvalue weighted by atomic mass is 9.90. The standard InChI is InChI=1S/C28H28ClF2N3OS2/c1-15-10-17(11-16(2)33-15)18-12-21(36-14-18)13-34(20-6-4-19(32-3)5-7-20)28(35)27-25(29)24-22(30)8-9-23(31)26(24)37-27/h8-12,14,19-20,32H,4-7,13H2,1-3H3. The average molecular weight is 560 g/mol. The first-order valence-corrected chi connectivity index (χ1v) is 14.4. The zero-order valence-corrected chi connectivity index (χ0v) is 23.3. The van der Waals surface area contributed by atoms with E-state index in [4.69, 9.17) is 11.6 Å². The second kappa shape index (κ2) is 10.8. The van der Waals surface area contributed by atoms with Crippen LogP contribution in [0.25, 0.3) is 21.2 Å². The Labute approximate surface area is 228 Å². The summed E-state index contributed by atoms with van der Waals surface area (Å²) in [7, 11) is 1.96. The van der Waals surface area contributed by atoms with Crippen LogP contribution < -0.4 is 5.32 Å². The number of nitrogens with one attached hydrogen (secondary N) is 1. The van der Waals surface area contributed by atoms with E-state index in [9.17, 15) is 13.6 Å². The fourth-order valence-electron chi connectivity index (χ4n) is 5.19. The topological polar surface area (TPSA) is 45.2 Å². The number of thiophene rings is 2. The average Bonchev–Trinajstić information content (AvgIpc) is 3.49. The molecule has 5 rings (SSSR count). The summed E-state index contributed by atoms with van der Waals surface area (Å²) in [5.41, 5.74) is 4.10. The van der Waals surface area contributed by atoms with Gasteiger partial charge in [0, 0.05) is 28.3 Å². The van der Waals surface area contributed by atoms with Crippen LogP contribution in [-0.4, -0.2) is 34.9 Å². The molecule has 1 fully saturated rings. The predicted octanol–water partition coefficient (Wildman–Crippen LogP) is 7.75. The number of aromatic nitrogens is 1. The van der Waals surface area contributed by atoms with Crippen LogP contribution >= 0.6 is 34.3 Å². The SMILES string of the molecule is CNC1CCC(N(Cc2cc(-c3cc(C)nc(C)c3)cs2)C(=O)c2sc3c(F)ccc(F)c3c2Cl)CC1. The van der Waals surface area contributed by atoms with Crippen molar-refractivity contribution >= 4 is 50.3 Å². The molecule has 1 aliphatic carbocycles. The van der Waals surface area contributed by atoms with E-state index in [0.29, 0.717) is 12.6 Å². The maximum absolute atomic E-state index is 14.5. The number of rotatable bonds is 6. The van der Waals surface area contributed by atoms with Crippen LogP contribution in [0.5, 0.6) is 0 Å². The van der Waals surface area contributed by atoms with Crippen LogP contribution in [0, 0.1) is 25.5 Å². The Hall–Kier alpha value is -2.39. The van der Waals surface area contributed by atoms with Gasteiger partial charge in [0.1, 0.15) is 16.5 Å². The van der Waals surface area contributed by atoms with E-state index >= 15 is 0 Å². The molecule has 1 aliphatic rings. The van der Waals surface area contributed by atoms with Gasteiger partial charge in [-0.1, -0.05) is 11.6 Å². The van der Waals surface area contributed by atoms with Gasteiger partial charge in [0.25, 0.3) is 5.91 Å². The van der Waals surface area contributed by atoms with Crippen molar-refractivity contribution in [3.63, 3.8) is 0 Å². The van der Waals surface area contributed by atoms with Gasteiger partial charge in [0.15, 0.2) is 0 Å². The Morgan fingerprint density at radius 3 is 2.41 bits per heavy atom. The molecule has 1 amide bonds. The molecule has 3 heterocycles. The Morgan fingerprint density at radius 1 is 1.08 bits per heavy atom. The summed E-state index contributed by atoms with van der Waals surface area (Å²) in [5.74, 6) is -1.47. The van der Waals surface area contributed by atoms with Gasteiger partial charge in [-0.2, -0.15) is 0 Å². The first kappa shape index (κ1) is 26.2. The number of nitrogens with zero attached hydrogens (tertiary/aromatic N) is 2. The quantitative estimate of drug-likeness (QED) is 0.263. The van der Waals surface area contributed by atoms with Crippen LogP contribution in [0.3, 0.4) is 0 Å². The maximum atomic E-state index is 14.5. The van der Waals surface area contributed by atoms with Gasteiger partial charge in [0.05, 0.1) is 21.7 Å². The number of hydrogen-bond acceptors (Lipinski definition) is 5. The highest BCUT2D eigenvalue weighted by molar-refractivity contribution is 7.21. The molecular weight excluding hydrogens is 532 g/mol. The Morgan fingerprint density at radius 2 is 1.76 bits per heavy atom. The van der Waals surface area contributed by atoms with Gasteiger partial charge in [-0.3, -0.25) is 9.78 Å². The zero-order chi connectivity index (χ0) is 26.3. The fraction of sp³-hybridized carbons (Fsp3) is 0.357. The lowest BCUT2D eigenvalue weighted by molar-refractivity contribution is 0.0609. The Kier molecular flexibility index (Phi) is 7.63. The number of pyridine rings is 1. The minimum Gasteiger partial charge on any atom is -0.330 e. The van der Waals surface area contributed by atoms with Gasteiger partial charge in [-0.15, -0.1) is 22.7 Å². The lowest BCUT2D eigenvalue weighted by Crippen LogP contribution is -2.44. The molecule has 0 radical (unpaired) electrons. The van der Waals surface area contributed by atoms with Crippen LogP contribution in [0.15, 0.2) is 35.7 Å². The number of amides is 1. The first-order chi connectivity index (χ1) is 17.7. The highest BCUT2D eigenvalue weighted by Gasteiger charge is 2.32. The largest absolute Gasteiger partial charge is 0.330 e. The van der Waals surface area contributed by atoms with Gasteiger partial charge in [-0.25, -0.2) is 8.78 Å². The summed E-state index contributed by atoms with van der Waals surface area (Å²) < 4.78 is 29.1. The molecule has 0 unspecified atom stereocenters. The van der Waals surface area contributed by atoms with Crippen molar-refractivity contribution in [1.29, 1.82) is 0 Å². The van der Waals surface area contributed by atoms with E-state index in [0.717, 1.165) is 76.5 Å². The number of fused-ring (bicyclic) bond motifs is 1. The molecule has 1 saturated carbocycles. The third kappa shape index (κ3) is 5.30. The molecule has 4 nitrogen and oxygen atoms in total. The van der Waals surface area contributed by atoms with Crippen molar-refractivity contribution in [3.05, 3.63) is 73.5 Å². The van der Waals surface area contributed by atoms with Gasteiger partial charge >= 0.3 is 0 Å². The number of hydrogen-bond donors (Lipinski definition) is 1. The number of aryl methyl sites for hydroxylation is 2. The van der Waals surface area contributed by atoms with E-state index in [1.165, 1.54) is 0 Å². The van der Waals surface area contributed by atoms with E-state index in [1.807, 2.05) is 25.8 Å². The minimum absolute atomic E-state index is 0.00878. The van der Waals surface area contributed by atoms with E-state index < -0.39 is 11.6 Å². The number of carbonyl (C=O) groups is 1. The van der Waals surface area contributed by atoms with Crippen molar-refractivity contribution in [2.45, 2.75) is 58.2 Å².